The Labute approximate surface area is 137 Å². The number of methoxy groups -OCH3 is 1. The van der Waals surface area contributed by atoms with E-state index in [9.17, 15) is 13.2 Å². The van der Waals surface area contributed by atoms with Crippen molar-refractivity contribution in [2.75, 3.05) is 20.3 Å². The average molecular weight is 425 g/mol. The second-order valence-electron chi connectivity index (χ2n) is 4.79. The number of sulfonamides is 1. The fourth-order valence-corrected chi connectivity index (χ4v) is 4.27. The summed E-state index contributed by atoms with van der Waals surface area (Å²) in [6, 6.07) is 4.18. The lowest BCUT2D eigenvalue weighted by molar-refractivity contribution is 0.0695. The van der Waals surface area contributed by atoms with Gasteiger partial charge in [-0.05, 0) is 53.6 Å². The number of carboxylic acids is 1. The molecule has 1 saturated carbocycles. The number of carboxylic acid groups (broad SMARTS) is 1. The van der Waals surface area contributed by atoms with Crippen LogP contribution in [0.25, 0.3) is 0 Å². The van der Waals surface area contributed by atoms with Crippen LogP contribution >= 0.6 is 22.6 Å². The van der Waals surface area contributed by atoms with Crippen LogP contribution in [-0.2, 0) is 14.8 Å². The number of aromatic carboxylic acids is 1. The Balaban J connectivity index is 2.37. The molecular formula is C13H16INO5S. The molecule has 1 N–H and O–H groups in total. The van der Waals surface area contributed by atoms with Crippen molar-refractivity contribution >= 4 is 38.6 Å². The minimum Gasteiger partial charge on any atom is -0.478 e. The third kappa shape index (κ3) is 3.74. The summed E-state index contributed by atoms with van der Waals surface area (Å²) in [5, 5.41) is 9.12. The highest BCUT2D eigenvalue weighted by Crippen LogP contribution is 2.32. The molecule has 0 saturated heterocycles. The van der Waals surface area contributed by atoms with Gasteiger partial charge < -0.3 is 9.84 Å². The molecule has 0 atom stereocenters. The monoisotopic (exact) mass is 425 g/mol. The maximum absolute atomic E-state index is 12.7. The van der Waals surface area contributed by atoms with Gasteiger partial charge in [-0.3, -0.25) is 0 Å². The van der Waals surface area contributed by atoms with Crippen molar-refractivity contribution in [3.8, 4) is 0 Å². The summed E-state index contributed by atoms with van der Waals surface area (Å²) in [7, 11) is -2.18. The zero-order valence-electron chi connectivity index (χ0n) is 11.5. The van der Waals surface area contributed by atoms with Gasteiger partial charge in [-0.1, -0.05) is 0 Å². The minimum absolute atomic E-state index is 0.000775. The molecule has 116 valence electrons. The minimum atomic E-state index is -3.70. The van der Waals surface area contributed by atoms with Crippen molar-refractivity contribution < 1.29 is 23.1 Å². The van der Waals surface area contributed by atoms with Crippen molar-refractivity contribution in [3.05, 3.63) is 27.3 Å². The first kappa shape index (κ1) is 16.7. The Hall–Kier alpha value is -0.710. The quantitative estimate of drug-likeness (QED) is 0.674. The van der Waals surface area contributed by atoms with Gasteiger partial charge in [0.05, 0.1) is 17.1 Å². The SMILES string of the molecule is COCCN(C1CC1)S(=O)(=O)c1ccc(I)c(C(=O)O)c1. The summed E-state index contributed by atoms with van der Waals surface area (Å²) in [6.45, 7) is 0.587. The smallest absolute Gasteiger partial charge is 0.336 e. The number of halogens is 1. The van der Waals surface area contributed by atoms with E-state index in [-0.39, 0.29) is 23.0 Å². The lowest BCUT2D eigenvalue weighted by Crippen LogP contribution is -2.36. The summed E-state index contributed by atoms with van der Waals surface area (Å²) in [4.78, 5) is 11.2. The Kier molecular flexibility index (Phi) is 5.23. The second-order valence-corrected chi connectivity index (χ2v) is 7.84. The molecule has 21 heavy (non-hydrogen) atoms. The Bertz CT molecular complexity index is 642. The molecule has 0 spiro atoms. The fourth-order valence-electron chi connectivity index (χ4n) is 2.01. The average Bonchev–Trinajstić information content (AvgIpc) is 3.23. The molecule has 1 fully saturated rings. The lowest BCUT2D eigenvalue weighted by atomic mass is 10.2. The largest absolute Gasteiger partial charge is 0.478 e. The van der Waals surface area contributed by atoms with Crippen LogP contribution in [0.4, 0.5) is 0 Å². The van der Waals surface area contributed by atoms with E-state index in [4.69, 9.17) is 9.84 Å². The van der Waals surface area contributed by atoms with Crippen LogP contribution in [0, 0.1) is 3.57 Å². The molecule has 0 heterocycles. The molecule has 0 amide bonds. The van der Waals surface area contributed by atoms with Crippen LogP contribution < -0.4 is 0 Å². The molecule has 0 aromatic heterocycles. The normalized spacial score (nSPS) is 15.4. The first-order valence-corrected chi connectivity index (χ1v) is 8.93. The topological polar surface area (TPSA) is 83.9 Å². The van der Waals surface area contributed by atoms with Crippen molar-refractivity contribution in [1.82, 2.24) is 4.31 Å². The highest BCUT2D eigenvalue weighted by atomic mass is 127. The molecular weight excluding hydrogens is 409 g/mol. The Morgan fingerprint density at radius 3 is 2.67 bits per heavy atom. The van der Waals surface area contributed by atoms with E-state index in [0.717, 1.165) is 12.8 Å². The van der Waals surface area contributed by atoms with Gasteiger partial charge in [0.2, 0.25) is 10.0 Å². The van der Waals surface area contributed by atoms with Gasteiger partial charge in [-0.15, -0.1) is 0 Å². The molecule has 0 radical (unpaired) electrons. The molecule has 0 bridgehead atoms. The maximum atomic E-state index is 12.7. The number of hydrogen-bond donors (Lipinski definition) is 1. The van der Waals surface area contributed by atoms with E-state index < -0.39 is 16.0 Å². The van der Waals surface area contributed by atoms with Crippen LogP contribution in [0.15, 0.2) is 23.1 Å². The molecule has 1 aromatic rings. The van der Waals surface area contributed by atoms with E-state index in [1.165, 1.54) is 29.6 Å². The summed E-state index contributed by atoms with van der Waals surface area (Å²) in [5.41, 5.74) is -0.000775. The van der Waals surface area contributed by atoms with Crippen LogP contribution in [-0.4, -0.2) is 50.1 Å². The van der Waals surface area contributed by atoms with E-state index in [0.29, 0.717) is 10.2 Å². The van der Waals surface area contributed by atoms with Gasteiger partial charge in [0.25, 0.3) is 0 Å². The van der Waals surface area contributed by atoms with Crippen molar-refractivity contribution in [2.45, 2.75) is 23.8 Å². The highest BCUT2D eigenvalue weighted by molar-refractivity contribution is 14.1. The van der Waals surface area contributed by atoms with Crippen molar-refractivity contribution in [1.29, 1.82) is 0 Å². The maximum Gasteiger partial charge on any atom is 0.336 e. The van der Waals surface area contributed by atoms with Crippen molar-refractivity contribution in [3.63, 3.8) is 0 Å². The van der Waals surface area contributed by atoms with Gasteiger partial charge in [-0.2, -0.15) is 4.31 Å². The van der Waals surface area contributed by atoms with E-state index in [1.54, 1.807) is 0 Å². The second kappa shape index (κ2) is 6.59. The molecule has 1 aromatic carbocycles. The number of hydrogen-bond acceptors (Lipinski definition) is 4. The first-order valence-electron chi connectivity index (χ1n) is 6.41. The van der Waals surface area contributed by atoms with Gasteiger partial charge >= 0.3 is 5.97 Å². The standard InChI is InChI=1S/C13H16INO5S/c1-20-7-6-15(9-2-3-9)21(18,19)10-4-5-12(14)11(8-10)13(16)17/h4-5,8-9H,2-3,6-7H2,1H3,(H,16,17). The molecule has 1 aliphatic rings. The zero-order valence-corrected chi connectivity index (χ0v) is 14.4. The van der Waals surface area contributed by atoms with E-state index >= 15 is 0 Å². The predicted octanol–water partition coefficient (Wildman–Crippen LogP) is 1.79. The molecule has 0 unspecified atom stereocenters. The number of rotatable bonds is 7. The van der Waals surface area contributed by atoms with Crippen molar-refractivity contribution in [2.24, 2.45) is 0 Å². The predicted molar refractivity (Wildman–Crippen MR) is 84.9 cm³/mol. The summed E-state index contributed by atoms with van der Waals surface area (Å²) in [5.74, 6) is -1.13. The Morgan fingerprint density at radius 1 is 1.48 bits per heavy atom. The molecule has 2 rings (SSSR count). The zero-order chi connectivity index (χ0) is 15.6. The molecule has 1 aliphatic carbocycles. The molecule has 6 nitrogen and oxygen atoms in total. The fraction of sp³-hybridized carbons (Fsp3) is 0.462. The van der Waals surface area contributed by atoms with Gasteiger partial charge in [0.15, 0.2) is 0 Å². The van der Waals surface area contributed by atoms with Crippen LogP contribution in [0.3, 0.4) is 0 Å². The first-order chi connectivity index (χ1) is 9.87. The number of ether oxygens (including phenoxy) is 1. The van der Waals surface area contributed by atoms with E-state index in [1.807, 2.05) is 22.6 Å². The molecule has 0 aliphatic heterocycles. The third-order valence-corrected chi connectivity index (χ3v) is 6.13. The van der Waals surface area contributed by atoms with Gasteiger partial charge in [-0.25, -0.2) is 13.2 Å². The number of carbonyl (C=O) groups is 1. The van der Waals surface area contributed by atoms with Gasteiger partial charge in [0.1, 0.15) is 0 Å². The summed E-state index contributed by atoms with van der Waals surface area (Å²) in [6.07, 6.45) is 1.66. The van der Waals surface area contributed by atoms with Crippen LogP contribution in [0.2, 0.25) is 0 Å². The molecule has 8 heteroatoms. The van der Waals surface area contributed by atoms with Crippen LogP contribution in [0.5, 0.6) is 0 Å². The lowest BCUT2D eigenvalue weighted by Gasteiger charge is -2.21. The van der Waals surface area contributed by atoms with E-state index in [2.05, 4.69) is 0 Å². The summed E-state index contributed by atoms with van der Waals surface area (Å²) >= 11 is 1.88. The highest BCUT2D eigenvalue weighted by Gasteiger charge is 2.38. The number of benzene rings is 1. The number of nitrogens with zero attached hydrogens (tertiary/aromatic N) is 1. The van der Waals surface area contributed by atoms with Gasteiger partial charge in [0, 0.05) is 23.3 Å². The Morgan fingerprint density at radius 2 is 2.14 bits per heavy atom. The third-order valence-electron chi connectivity index (χ3n) is 3.24. The summed E-state index contributed by atoms with van der Waals surface area (Å²) < 4.78 is 32.2. The van der Waals surface area contributed by atoms with Crippen LogP contribution in [0.1, 0.15) is 23.2 Å².